The quantitative estimate of drug-likeness (QED) is 0.405. The fourth-order valence-electron chi connectivity index (χ4n) is 4.35. The molecule has 34 heavy (non-hydrogen) atoms. The monoisotopic (exact) mass is 500 g/mol. The molecule has 1 N–H and O–H groups in total. The van der Waals surface area contributed by atoms with Crippen LogP contribution in [0.2, 0.25) is 0 Å². The van der Waals surface area contributed by atoms with Crippen molar-refractivity contribution in [3.8, 4) is 33.9 Å². The number of piperazine rings is 1. The van der Waals surface area contributed by atoms with Crippen molar-refractivity contribution in [2.75, 3.05) is 45.3 Å². The van der Waals surface area contributed by atoms with Crippen LogP contribution in [-0.2, 0) is 0 Å². The highest BCUT2D eigenvalue weighted by Crippen LogP contribution is 2.33. The van der Waals surface area contributed by atoms with E-state index in [-0.39, 0.29) is 24.8 Å². The molecule has 5 rings (SSSR count). The van der Waals surface area contributed by atoms with Crippen LogP contribution in [-0.4, -0.2) is 49.8 Å². The zero-order chi connectivity index (χ0) is 22.1. The van der Waals surface area contributed by atoms with Crippen LogP contribution in [0, 0.1) is 6.92 Å². The standard InChI is InChI=1S/C26H28N4O2.2ClH/c1-18-14-21(19-4-7-22(8-5-19)29-12-10-27-11-13-29)16-30-17-23(28-26(18)30)20-6-9-24(31-2)25(15-20)32-3;;/h4-9,14-17,27H,10-13H2,1-3H3;2*1H. The van der Waals surface area contributed by atoms with Crippen LogP contribution in [0.4, 0.5) is 5.69 Å². The summed E-state index contributed by atoms with van der Waals surface area (Å²) in [6.07, 6.45) is 4.22. The SMILES string of the molecule is COc1ccc(-c2cn3cc(-c4ccc(N5CCNCC5)cc4)cc(C)c3n2)cc1OC.Cl.Cl. The summed E-state index contributed by atoms with van der Waals surface area (Å²) in [6, 6.07) is 17.0. The number of benzene rings is 2. The summed E-state index contributed by atoms with van der Waals surface area (Å²) in [5.74, 6) is 1.41. The number of hydrogen-bond donors (Lipinski definition) is 1. The summed E-state index contributed by atoms with van der Waals surface area (Å²) in [4.78, 5) is 7.31. The van der Waals surface area contributed by atoms with Crippen LogP contribution in [0.15, 0.2) is 60.9 Å². The molecule has 0 atom stereocenters. The number of nitrogens with one attached hydrogen (secondary N) is 1. The first-order valence-corrected chi connectivity index (χ1v) is 10.9. The van der Waals surface area contributed by atoms with Crippen molar-refractivity contribution in [2.45, 2.75) is 6.92 Å². The van der Waals surface area contributed by atoms with Crippen molar-refractivity contribution in [2.24, 2.45) is 0 Å². The summed E-state index contributed by atoms with van der Waals surface area (Å²) >= 11 is 0. The number of aromatic nitrogens is 2. The smallest absolute Gasteiger partial charge is 0.161 e. The van der Waals surface area contributed by atoms with E-state index in [1.807, 2.05) is 18.2 Å². The maximum atomic E-state index is 5.46. The Morgan fingerprint density at radius 3 is 2.15 bits per heavy atom. The maximum Gasteiger partial charge on any atom is 0.161 e. The number of ether oxygens (including phenoxy) is 2. The highest BCUT2D eigenvalue weighted by molar-refractivity contribution is 5.85. The van der Waals surface area contributed by atoms with Crippen LogP contribution in [0.5, 0.6) is 11.5 Å². The van der Waals surface area contributed by atoms with Crippen LogP contribution in [0.3, 0.4) is 0 Å². The number of imidazole rings is 1. The van der Waals surface area contributed by atoms with E-state index in [9.17, 15) is 0 Å². The minimum absolute atomic E-state index is 0. The normalized spacial score (nSPS) is 13.2. The summed E-state index contributed by atoms with van der Waals surface area (Å²) in [5, 5.41) is 3.41. The minimum atomic E-state index is 0. The lowest BCUT2D eigenvalue weighted by molar-refractivity contribution is 0.355. The predicted octanol–water partition coefficient (Wildman–Crippen LogP) is 5.25. The van der Waals surface area contributed by atoms with Crippen molar-refractivity contribution >= 4 is 36.1 Å². The van der Waals surface area contributed by atoms with Gasteiger partial charge in [-0.15, -0.1) is 24.8 Å². The molecule has 0 radical (unpaired) electrons. The summed E-state index contributed by atoms with van der Waals surface area (Å²) in [5.41, 5.74) is 7.66. The van der Waals surface area contributed by atoms with Gasteiger partial charge in [-0.3, -0.25) is 0 Å². The molecule has 0 spiro atoms. The fraction of sp³-hybridized carbons (Fsp3) is 0.269. The molecular formula is C26H30Cl2N4O2. The topological polar surface area (TPSA) is 51.0 Å². The van der Waals surface area contributed by atoms with Gasteiger partial charge in [-0.2, -0.15) is 0 Å². The Hall–Kier alpha value is -2.93. The number of anilines is 1. The first-order valence-electron chi connectivity index (χ1n) is 10.9. The Kier molecular flexibility index (Phi) is 8.31. The molecule has 2 aromatic carbocycles. The number of rotatable bonds is 5. The number of hydrogen-bond acceptors (Lipinski definition) is 5. The van der Waals surface area contributed by atoms with Gasteiger partial charge in [0.25, 0.3) is 0 Å². The van der Waals surface area contributed by atoms with Gasteiger partial charge < -0.3 is 24.1 Å². The van der Waals surface area contributed by atoms with Crippen molar-refractivity contribution in [3.05, 3.63) is 66.5 Å². The van der Waals surface area contributed by atoms with Gasteiger partial charge in [0.15, 0.2) is 11.5 Å². The largest absolute Gasteiger partial charge is 0.493 e. The van der Waals surface area contributed by atoms with E-state index in [0.29, 0.717) is 11.5 Å². The highest BCUT2D eigenvalue weighted by Gasteiger charge is 2.13. The van der Waals surface area contributed by atoms with Crippen molar-refractivity contribution in [1.82, 2.24) is 14.7 Å². The Balaban J connectivity index is 0.00000162. The zero-order valence-corrected chi connectivity index (χ0v) is 21.2. The molecule has 1 aliphatic heterocycles. The number of fused-ring (bicyclic) bond motifs is 1. The predicted molar refractivity (Wildman–Crippen MR) is 143 cm³/mol. The van der Waals surface area contributed by atoms with Gasteiger partial charge in [0, 0.05) is 49.8 Å². The molecule has 1 aliphatic rings. The maximum absolute atomic E-state index is 5.46. The number of pyridine rings is 1. The molecule has 0 saturated carbocycles. The molecule has 2 aromatic heterocycles. The lowest BCUT2D eigenvalue weighted by atomic mass is 10.1. The van der Waals surface area contributed by atoms with E-state index >= 15 is 0 Å². The van der Waals surface area contributed by atoms with Crippen LogP contribution in [0.1, 0.15) is 5.56 Å². The molecule has 0 amide bonds. The van der Waals surface area contributed by atoms with Gasteiger partial charge in [-0.25, -0.2) is 4.98 Å². The van der Waals surface area contributed by atoms with Gasteiger partial charge >= 0.3 is 0 Å². The molecule has 4 aromatic rings. The van der Waals surface area contributed by atoms with Gasteiger partial charge in [0.05, 0.1) is 19.9 Å². The lowest BCUT2D eigenvalue weighted by Gasteiger charge is -2.29. The van der Waals surface area contributed by atoms with E-state index in [4.69, 9.17) is 14.5 Å². The Morgan fingerprint density at radius 1 is 0.794 bits per heavy atom. The average Bonchev–Trinajstić information content (AvgIpc) is 3.29. The van der Waals surface area contributed by atoms with Gasteiger partial charge in [-0.1, -0.05) is 12.1 Å². The van der Waals surface area contributed by atoms with Gasteiger partial charge in [0.1, 0.15) is 5.65 Å². The van der Waals surface area contributed by atoms with E-state index < -0.39 is 0 Å². The molecule has 0 aliphatic carbocycles. The van der Waals surface area contributed by atoms with Gasteiger partial charge in [0.2, 0.25) is 0 Å². The number of methoxy groups -OCH3 is 2. The second kappa shape index (κ2) is 11.0. The Labute approximate surface area is 212 Å². The number of aryl methyl sites for hydroxylation is 1. The molecule has 0 bridgehead atoms. The van der Waals surface area contributed by atoms with Crippen LogP contribution < -0.4 is 19.7 Å². The highest BCUT2D eigenvalue weighted by atomic mass is 35.5. The zero-order valence-electron chi connectivity index (χ0n) is 19.6. The number of nitrogens with zero attached hydrogens (tertiary/aromatic N) is 3. The Morgan fingerprint density at radius 2 is 1.47 bits per heavy atom. The van der Waals surface area contributed by atoms with E-state index in [0.717, 1.165) is 48.6 Å². The average molecular weight is 501 g/mol. The minimum Gasteiger partial charge on any atom is -0.493 e. The summed E-state index contributed by atoms with van der Waals surface area (Å²) in [7, 11) is 3.29. The third-order valence-electron chi connectivity index (χ3n) is 6.10. The molecule has 0 unspecified atom stereocenters. The van der Waals surface area contributed by atoms with Gasteiger partial charge in [-0.05, 0) is 60.0 Å². The van der Waals surface area contributed by atoms with Crippen LogP contribution in [0.25, 0.3) is 28.0 Å². The van der Waals surface area contributed by atoms with E-state index in [1.54, 1.807) is 14.2 Å². The lowest BCUT2D eigenvalue weighted by Crippen LogP contribution is -2.43. The Bertz CT molecular complexity index is 1250. The summed E-state index contributed by atoms with van der Waals surface area (Å²) < 4.78 is 12.9. The van der Waals surface area contributed by atoms with Crippen molar-refractivity contribution in [3.63, 3.8) is 0 Å². The van der Waals surface area contributed by atoms with Crippen LogP contribution >= 0.6 is 24.8 Å². The van der Waals surface area contributed by atoms with E-state index in [2.05, 4.69) is 64.3 Å². The summed E-state index contributed by atoms with van der Waals surface area (Å²) in [6.45, 7) is 6.30. The second-order valence-corrected chi connectivity index (χ2v) is 8.12. The molecular weight excluding hydrogens is 471 g/mol. The molecule has 180 valence electrons. The molecule has 1 saturated heterocycles. The number of halogens is 2. The molecule has 3 heterocycles. The van der Waals surface area contributed by atoms with Crippen molar-refractivity contribution in [1.29, 1.82) is 0 Å². The first kappa shape index (κ1) is 25.7. The second-order valence-electron chi connectivity index (χ2n) is 8.12. The van der Waals surface area contributed by atoms with Crippen molar-refractivity contribution < 1.29 is 9.47 Å². The third-order valence-corrected chi connectivity index (χ3v) is 6.10. The fourth-order valence-corrected chi connectivity index (χ4v) is 4.35. The molecule has 8 heteroatoms. The molecule has 6 nitrogen and oxygen atoms in total. The third kappa shape index (κ3) is 4.94. The first-order chi connectivity index (χ1) is 15.7. The molecule has 1 fully saturated rings. The van der Waals surface area contributed by atoms with E-state index in [1.165, 1.54) is 16.8 Å².